The maximum Gasteiger partial charge on any atom is 0.411 e. The molecule has 0 aromatic rings. The molecule has 0 aromatic heterocycles. The van der Waals surface area contributed by atoms with Crippen LogP contribution in [0.1, 0.15) is 25.7 Å². The van der Waals surface area contributed by atoms with Gasteiger partial charge in [0.25, 0.3) is 0 Å². The number of ether oxygens (including phenoxy) is 1. The number of rotatable bonds is 8. The zero-order valence-electron chi connectivity index (χ0n) is 10.5. The first-order chi connectivity index (χ1) is 8.53. The van der Waals surface area contributed by atoms with E-state index in [9.17, 15) is 13.2 Å². The van der Waals surface area contributed by atoms with Crippen LogP contribution in [0.15, 0.2) is 0 Å². The molecule has 0 spiro atoms. The molecule has 18 heavy (non-hydrogen) atoms. The predicted molar refractivity (Wildman–Crippen MR) is 62.3 cm³/mol. The highest BCUT2D eigenvalue weighted by atomic mass is 19.4. The molecule has 1 saturated carbocycles. The van der Waals surface area contributed by atoms with Crippen LogP contribution in [0.2, 0.25) is 0 Å². The Kier molecular flexibility index (Phi) is 6.96. The van der Waals surface area contributed by atoms with Crippen molar-refractivity contribution < 1.29 is 23.0 Å². The summed E-state index contributed by atoms with van der Waals surface area (Å²) in [5.74, 6) is 0.894. The standard InChI is InChI=1S/C12H22F3NO2/c13-12(14,15)9-18-6-2-5-16-7-10-3-1-4-11(10)8-17/h10-11,16-17H,1-9H2. The molecule has 0 bridgehead atoms. The first-order valence-corrected chi connectivity index (χ1v) is 6.49. The van der Waals surface area contributed by atoms with E-state index < -0.39 is 12.8 Å². The second-order valence-corrected chi connectivity index (χ2v) is 4.86. The molecule has 1 fully saturated rings. The van der Waals surface area contributed by atoms with Gasteiger partial charge in [0.05, 0.1) is 0 Å². The number of nitrogens with one attached hydrogen (secondary N) is 1. The lowest BCUT2D eigenvalue weighted by Crippen LogP contribution is -2.28. The summed E-state index contributed by atoms with van der Waals surface area (Å²) in [5, 5.41) is 12.3. The number of halogens is 3. The van der Waals surface area contributed by atoms with Gasteiger partial charge in [0.1, 0.15) is 6.61 Å². The Morgan fingerprint density at radius 2 is 1.94 bits per heavy atom. The summed E-state index contributed by atoms with van der Waals surface area (Å²) in [6.07, 6.45) is -0.287. The van der Waals surface area contributed by atoms with E-state index in [-0.39, 0.29) is 13.2 Å². The highest BCUT2D eigenvalue weighted by molar-refractivity contribution is 4.78. The van der Waals surface area contributed by atoms with Gasteiger partial charge < -0.3 is 15.2 Å². The van der Waals surface area contributed by atoms with E-state index in [0.717, 1.165) is 25.8 Å². The summed E-state index contributed by atoms with van der Waals surface area (Å²) in [6.45, 7) is 0.695. The molecule has 0 radical (unpaired) electrons. The first kappa shape index (κ1) is 15.7. The van der Waals surface area contributed by atoms with E-state index in [1.54, 1.807) is 0 Å². The quantitative estimate of drug-likeness (QED) is 0.662. The van der Waals surface area contributed by atoms with Crippen LogP contribution in [0.3, 0.4) is 0 Å². The third-order valence-corrected chi connectivity index (χ3v) is 3.37. The van der Waals surface area contributed by atoms with Crippen molar-refractivity contribution in [2.45, 2.75) is 31.9 Å². The predicted octanol–water partition coefficient (Wildman–Crippen LogP) is 1.95. The Morgan fingerprint density at radius 3 is 2.61 bits per heavy atom. The second-order valence-electron chi connectivity index (χ2n) is 4.86. The fourth-order valence-electron chi connectivity index (χ4n) is 2.40. The summed E-state index contributed by atoms with van der Waals surface area (Å²) in [4.78, 5) is 0. The van der Waals surface area contributed by atoms with Gasteiger partial charge >= 0.3 is 6.18 Å². The Labute approximate surface area is 106 Å². The van der Waals surface area contributed by atoms with Crippen molar-refractivity contribution in [2.24, 2.45) is 11.8 Å². The SMILES string of the molecule is OCC1CCCC1CNCCCOCC(F)(F)F. The van der Waals surface area contributed by atoms with E-state index in [1.807, 2.05) is 0 Å². The van der Waals surface area contributed by atoms with Gasteiger partial charge in [0, 0.05) is 13.2 Å². The lowest BCUT2D eigenvalue weighted by Gasteiger charge is -2.17. The van der Waals surface area contributed by atoms with Crippen LogP contribution in [0.5, 0.6) is 0 Å². The average molecular weight is 269 g/mol. The second kappa shape index (κ2) is 7.96. The van der Waals surface area contributed by atoms with E-state index in [0.29, 0.717) is 24.8 Å². The van der Waals surface area contributed by atoms with Gasteiger partial charge in [-0.15, -0.1) is 0 Å². The van der Waals surface area contributed by atoms with Crippen molar-refractivity contribution in [1.82, 2.24) is 5.32 Å². The minimum Gasteiger partial charge on any atom is -0.396 e. The summed E-state index contributed by atoms with van der Waals surface area (Å²) in [5.41, 5.74) is 0. The summed E-state index contributed by atoms with van der Waals surface area (Å²) >= 11 is 0. The highest BCUT2D eigenvalue weighted by Crippen LogP contribution is 2.30. The Morgan fingerprint density at radius 1 is 1.22 bits per heavy atom. The van der Waals surface area contributed by atoms with E-state index in [1.165, 1.54) is 0 Å². The monoisotopic (exact) mass is 269 g/mol. The molecule has 3 nitrogen and oxygen atoms in total. The summed E-state index contributed by atoms with van der Waals surface area (Å²) in [6, 6.07) is 0. The van der Waals surface area contributed by atoms with Crippen molar-refractivity contribution in [3.8, 4) is 0 Å². The topological polar surface area (TPSA) is 41.5 Å². The van der Waals surface area contributed by atoms with Crippen LogP contribution >= 0.6 is 0 Å². The Bertz CT molecular complexity index is 224. The van der Waals surface area contributed by atoms with Crippen LogP contribution in [0, 0.1) is 11.8 Å². The van der Waals surface area contributed by atoms with Gasteiger partial charge in [-0.1, -0.05) is 6.42 Å². The van der Waals surface area contributed by atoms with E-state index >= 15 is 0 Å². The van der Waals surface area contributed by atoms with Gasteiger partial charge in [0.15, 0.2) is 0 Å². The van der Waals surface area contributed by atoms with Gasteiger partial charge in [-0.05, 0) is 44.2 Å². The van der Waals surface area contributed by atoms with Gasteiger partial charge in [-0.3, -0.25) is 0 Å². The maximum atomic E-state index is 11.8. The zero-order chi connectivity index (χ0) is 13.4. The molecule has 2 N–H and O–H groups in total. The molecule has 0 heterocycles. The molecule has 0 aliphatic heterocycles. The maximum absolute atomic E-state index is 11.8. The third kappa shape index (κ3) is 6.56. The van der Waals surface area contributed by atoms with Crippen molar-refractivity contribution in [3.05, 3.63) is 0 Å². The molecule has 108 valence electrons. The van der Waals surface area contributed by atoms with Crippen LogP contribution < -0.4 is 5.32 Å². The number of alkyl halides is 3. The minimum absolute atomic E-state index is 0.126. The molecule has 0 amide bonds. The molecule has 2 unspecified atom stereocenters. The first-order valence-electron chi connectivity index (χ1n) is 6.49. The Hall–Kier alpha value is -0.330. The van der Waals surface area contributed by atoms with Gasteiger partial charge in [0.2, 0.25) is 0 Å². The molecule has 0 saturated heterocycles. The zero-order valence-corrected chi connectivity index (χ0v) is 10.5. The lowest BCUT2D eigenvalue weighted by atomic mass is 9.97. The van der Waals surface area contributed by atoms with Crippen molar-refractivity contribution >= 4 is 0 Å². The number of aliphatic hydroxyl groups excluding tert-OH is 1. The van der Waals surface area contributed by atoms with Crippen LogP contribution in [-0.2, 0) is 4.74 Å². The normalized spacial score (nSPS) is 24.7. The summed E-state index contributed by atoms with van der Waals surface area (Å²) < 4.78 is 39.8. The van der Waals surface area contributed by atoms with E-state index in [4.69, 9.17) is 5.11 Å². The van der Waals surface area contributed by atoms with Crippen molar-refractivity contribution in [2.75, 3.05) is 32.9 Å². The van der Waals surface area contributed by atoms with Crippen LogP contribution in [-0.4, -0.2) is 44.2 Å². The largest absolute Gasteiger partial charge is 0.411 e. The fourth-order valence-corrected chi connectivity index (χ4v) is 2.40. The van der Waals surface area contributed by atoms with Crippen molar-refractivity contribution in [1.29, 1.82) is 0 Å². The number of hydrogen-bond donors (Lipinski definition) is 2. The van der Waals surface area contributed by atoms with E-state index in [2.05, 4.69) is 10.1 Å². The molecule has 1 rings (SSSR count). The number of hydrogen-bond acceptors (Lipinski definition) is 3. The highest BCUT2D eigenvalue weighted by Gasteiger charge is 2.27. The molecule has 2 atom stereocenters. The van der Waals surface area contributed by atoms with Gasteiger partial charge in [-0.2, -0.15) is 13.2 Å². The minimum atomic E-state index is -4.23. The van der Waals surface area contributed by atoms with Gasteiger partial charge in [-0.25, -0.2) is 0 Å². The Balaban J connectivity index is 1.92. The molecular formula is C12H22F3NO2. The molecule has 0 aromatic carbocycles. The molecule has 6 heteroatoms. The number of aliphatic hydroxyl groups is 1. The smallest absolute Gasteiger partial charge is 0.396 e. The average Bonchev–Trinajstić information content (AvgIpc) is 2.73. The van der Waals surface area contributed by atoms with Crippen LogP contribution in [0.4, 0.5) is 13.2 Å². The molecule has 1 aliphatic rings. The molecule has 1 aliphatic carbocycles. The fraction of sp³-hybridized carbons (Fsp3) is 1.00. The third-order valence-electron chi connectivity index (χ3n) is 3.37. The lowest BCUT2D eigenvalue weighted by molar-refractivity contribution is -0.173. The molecular weight excluding hydrogens is 247 g/mol. The van der Waals surface area contributed by atoms with Crippen LogP contribution in [0.25, 0.3) is 0 Å². The van der Waals surface area contributed by atoms with Crippen molar-refractivity contribution in [3.63, 3.8) is 0 Å². The summed E-state index contributed by atoms with van der Waals surface area (Å²) in [7, 11) is 0.